The van der Waals surface area contributed by atoms with Crippen molar-refractivity contribution in [2.45, 2.75) is 57.0 Å². The molecule has 3 rings (SSSR count). The van der Waals surface area contributed by atoms with E-state index in [0.29, 0.717) is 20.0 Å². The molecule has 0 fully saturated rings. The lowest BCUT2D eigenvalue weighted by Crippen LogP contribution is -2.48. The lowest BCUT2D eigenvalue weighted by Gasteiger charge is -2.35. The summed E-state index contributed by atoms with van der Waals surface area (Å²) in [6.07, 6.45) is -6.71. The average molecular weight is 600 g/mol. The standard InChI is InChI=1S/C22H26F5N5O7S/c1-5-37-18-17(11-31(30-18)19(23)24)40(35,36)32-10-14(9-28-12(2)33)38-16-7-6-13(8-15(16)32)29-20(34)39-21(3,4)22(25,26)27/h6-8,11,14,19H,5,9-10H2,1-4H3,(H,28,33)(H,29,34). The Morgan fingerprint density at radius 1 is 1.25 bits per heavy atom. The number of carbonyl (C=O) groups is 2. The number of carbonyl (C=O) groups excluding carboxylic acids is 2. The van der Waals surface area contributed by atoms with E-state index in [1.807, 2.05) is 0 Å². The molecule has 0 aliphatic carbocycles. The maximum atomic E-state index is 13.8. The number of ether oxygens (including phenoxy) is 3. The molecule has 222 valence electrons. The fraction of sp³-hybridized carbons (Fsp3) is 0.500. The van der Waals surface area contributed by atoms with Crippen LogP contribution < -0.4 is 24.4 Å². The first kappa shape index (κ1) is 30.7. The summed E-state index contributed by atoms with van der Waals surface area (Å²) >= 11 is 0. The highest BCUT2D eigenvalue weighted by Gasteiger charge is 2.51. The van der Waals surface area contributed by atoms with Crippen LogP contribution in [0.2, 0.25) is 0 Å². The van der Waals surface area contributed by atoms with Gasteiger partial charge in [0.15, 0.2) is 4.90 Å². The first-order chi connectivity index (χ1) is 18.5. The van der Waals surface area contributed by atoms with Gasteiger partial charge in [0, 0.05) is 12.6 Å². The molecule has 0 spiro atoms. The number of halogens is 5. The second-order valence-electron chi connectivity index (χ2n) is 8.91. The number of anilines is 2. The number of aromatic nitrogens is 2. The zero-order valence-electron chi connectivity index (χ0n) is 21.6. The minimum absolute atomic E-state index is 0.0565. The number of hydrogen-bond donors (Lipinski definition) is 2. The molecular weight excluding hydrogens is 573 g/mol. The maximum absolute atomic E-state index is 13.8. The van der Waals surface area contributed by atoms with Gasteiger partial charge in [-0.1, -0.05) is 0 Å². The Morgan fingerprint density at radius 3 is 2.50 bits per heavy atom. The lowest BCUT2D eigenvalue weighted by atomic mass is 10.1. The van der Waals surface area contributed by atoms with Gasteiger partial charge in [-0.05, 0) is 39.0 Å². The molecule has 1 unspecified atom stereocenters. The Kier molecular flexibility index (Phi) is 8.71. The zero-order chi connectivity index (χ0) is 30.0. The van der Waals surface area contributed by atoms with Crippen molar-refractivity contribution in [1.82, 2.24) is 15.1 Å². The topological polar surface area (TPSA) is 141 Å². The van der Waals surface area contributed by atoms with E-state index in [4.69, 9.17) is 9.47 Å². The van der Waals surface area contributed by atoms with E-state index in [1.54, 1.807) is 0 Å². The number of alkyl halides is 5. The molecule has 1 aliphatic rings. The number of fused-ring (bicyclic) bond motifs is 1. The number of nitrogens with zero attached hydrogens (tertiary/aromatic N) is 3. The number of amides is 2. The van der Waals surface area contributed by atoms with Crippen LogP contribution in [-0.4, -0.2) is 67.8 Å². The molecule has 0 saturated heterocycles. The van der Waals surface area contributed by atoms with Gasteiger partial charge in [-0.15, -0.1) is 5.10 Å². The van der Waals surface area contributed by atoms with Crippen molar-refractivity contribution in [1.29, 1.82) is 0 Å². The Balaban J connectivity index is 2.03. The van der Waals surface area contributed by atoms with Crippen molar-refractivity contribution in [2.75, 3.05) is 29.3 Å². The van der Waals surface area contributed by atoms with Gasteiger partial charge < -0.3 is 19.5 Å². The minimum atomic E-state index is -4.87. The molecule has 0 saturated carbocycles. The van der Waals surface area contributed by atoms with E-state index in [9.17, 15) is 40.0 Å². The lowest BCUT2D eigenvalue weighted by molar-refractivity contribution is -0.242. The van der Waals surface area contributed by atoms with Crippen molar-refractivity contribution in [3.63, 3.8) is 0 Å². The Hall–Kier alpha value is -3.83. The van der Waals surface area contributed by atoms with Gasteiger partial charge in [-0.3, -0.25) is 14.4 Å². The summed E-state index contributed by atoms with van der Waals surface area (Å²) in [6, 6.07) is 3.53. The number of nitrogens with one attached hydrogen (secondary N) is 2. The Bertz CT molecular complexity index is 1360. The molecule has 2 aromatic rings. The molecular formula is C22H26F5N5O7S. The first-order valence-corrected chi connectivity index (χ1v) is 13.0. The van der Waals surface area contributed by atoms with Crippen molar-refractivity contribution in [2.24, 2.45) is 0 Å². The normalized spacial score (nSPS) is 15.8. The third-order valence-corrected chi connectivity index (χ3v) is 7.22. The molecule has 40 heavy (non-hydrogen) atoms. The first-order valence-electron chi connectivity index (χ1n) is 11.6. The highest BCUT2D eigenvalue weighted by Crippen LogP contribution is 2.41. The van der Waals surface area contributed by atoms with Crippen molar-refractivity contribution < 1.29 is 54.2 Å². The summed E-state index contributed by atoms with van der Waals surface area (Å²) in [7, 11) is -4.70. The van der Waals surface area contributed by atoms with Crippen LogP contribution in [0.1, 0.15) is 34.2 Å². The summed E-state index contributed by atoms with van der Waals surface area (Å²) in [4.78, 5) is 22.9. The van der Waals surface area contributed by atoms with Crippen LogP contribution in [0, 0.1) is 0 Å². The van der Waals surface area contributed by atoms with Crippen LogP contribution in [0.5, 0.6) is 11.6 Å². The highest BCUT2D eigenvalue weighted by molar-refractivity contribution is 7.93. The van der Waals surface area contributed by atoms with Crippen LogP contribution in [0.15, 0.2) is 29.3 Å². The molecule has 1 aliphatic heterocycles. The summed E-state index contributed by atoms with van der Waals surface area (Å²) in [5.74, 6) is -1.08. The van der Waals surface area contributed by atoms with Gasteiger partial charge >= 0.3 is 18.8 Å². The molecule has 0 radical (unpaired) electrons. The SMILES string of the molecule is CCOc1nn(C(F)F)cc1S(=O)(=O)N1CC(CNC(C)=O)Oc2ccc(NC(=O)OC(C)(C)C(F)(F)F)cc21. The molecule has 2 N–H and O–H groups in total. The summed E-state index contributed by atoms with van der Waals surface area (Å²) in [5, 5.41) is 8.08. The molecule has 1 aromatic carbocycles. The quantitative estimate of drug-likeness (QED) is 0.416. The molecule has 18 heteroatoms. The number of rotatable bonds is 9. The van der Waals surface area contributed by atoms with Gasteiger partial charge in [0.1, 0.15) is 11.9 Å². The fourth-order valence-electron chi connectivity index (χ4n) is 3.40. The molecule has 0 bridgehead atoms. The predicted octanol–water partition coefficient (Wildman–Crippen LogP) is 3.66. The van der Waals surface area contributed by atoms with Gasteiger partial charge in [0.25, 0.3) is 15.9 Å². The molecule has 12 nitrogen and oxygen atoms in total. The molecule has 2 amide bonds. The van der Waals surface area contributed by atoms with E-state index in [-0.39, 0.29) is 35.0 Å². The highest BCUT2D eigenvalue weighted by atomic mass is 32.2. The number of benzene rings is 1. The maximum Gasteiger partial charge on any atom is 0.427 e. The zero-order valence-corrected chi connectivity index (χ0v) is 22.4. The second-order valence-corrected chi connectivity index (χ2v) is 10.7. The Labute approximate surface area is 225 Å². The van der Waals surface area contributed by atoms with Gasteiger partial charge in [0.05, 0.1) is 31.6 Å². The van der Waals surface area contributed by atoms with Crippen LogP contribution in [0.25, 0.3) is 0 Å². The van der Waals surface area contributed by atoms with E-state index < -0.39 is 63.8 Å². The predicted molar refractivity (Wildman–Crippen MR) is 129 cm³/mol. The van der Waals surface area contributed by atoms with Crippen LogP contribution >= 0.6 is 0 Å². The second kappa shape index (κ2) is 11.3. The van der Waals surface area contributed by atoms with Crippen LogP contribution in [-0.2, 0) is 19.6 Å². The van der Waals surface area contributed by atoms with Crippen molar-refractivity contribution in [3.05, 3.63) is 24.4 Å². The van der Waals surface area contributed by atoms with Crippen molar-refractivity contribution >= 4 is 33.4 Å². The number of sulfonamides is 1. The minimum Gasteiger partial charge on any atom is -0.484 e. The third kappa shape index (κ3) is 6.65. The van der Waals surface area contributed by atoms with E-state index in [2.05, 4.69) is 20.5 Å². The fourth-order valence-corrected chi connectivity index (χ4v) is 4.97. The van der Waals surface area contributed by atoms with Gasteiger partial charge in [0.2, 0.25) is 11.5 Å². The largest absolute Gasteiger partial charge is 0.484 e. The summed E-state index contributed by atoms with van der Waals surface area (Å²) in [5.41, 5.74) is -3.19. The average Bonchev–Trinajstić information content (AvgIpc) is 3.26. The van der Waals surface area contributed by atoms with E-state index in [0.717, 1.165) is 10.4 Å². The third-order valence-electron chi connectivity index (χ3n) is 5.46. The summed E-state index contributed by atoms with van der Waals surface area (Å²) < 4.78 is 110. The van der Waals surface area contributed by atoms with Gasteiger partial charge in [-0.25, -0.2) is 17.9 Å². The van der Waals surface area contributed by atoms with Crippen LogP contribution in [0.4, 0.5) is 38.1 Å². The summed E-state index contributed by atoms with van der Waals surface area (Å²) in [6.45, 7) is 0.161. The van der Waals surface area contributed by atoms with E-state index >= 15 is 0 Å². The molecule has 1 aromatic heterocycles. The number of hydrogen-bond acceptors (Lipinski definition) is 8. The van der Waals surface area contributed by atoms with Gasteiger partial charge in [-0.2, -0.15) is 22.0 Å². The smallest absolute Gasteiger partial charge is 0.427 e. The monoisotopic (exact) mass is 599 g/mol. The molecule has 1 atom stereocenters. The molecule has 2 heterocycles. The van der Waals surface area contributed by atoms with E-state index in [1.165, 1.54) is 26.0 Å². The Morgan fingerprint density at radius 2 is 1.93 bits per heavy atom. The van der Waals surface area contributed by atoms with Crippen molar-refractivity contribution in [3.8, 4) is 11.6 Å². The van der Waals surface area contributed by atoms with Crippen LogP contribution in [0.3, 0.4) is 0 Å².